The van der Waals surface area contributed by atoms with Crippen molar-refractivity contribution in [3.05, 3.63) is 58.1 Å². The molecule has 0 spiro atoms. The lowest BCUT2D eigenvalue weighted by atomic mass is 10.1. The quantitative estimate of drug-likeness (QED) is 0.728. The van der Waals surface area contributed by atoms with E-state index in [1.54, 1.807) is 0 Å². The van der Waals surface area contributed by atoms with Gasteiger partial charge < -0.3 is 5.32 Å². The first kappa shape index (κ1) is 20.0. The summed E-state index contributed by atoms with van der Waals surface area (Å²) >= 11 is 3.29. The van der Waals surface area contributed by atoms with Crippen LogP contribution in [0.15, 0.2) is 51.8 Å². The lowest BCUT2D eigenvalue weighted by Crippen LogP contribution is -2.29. The number of carbonyl (C=O) groups is 1. The van der Waals surface area contributed by atoms with E-state index in [0.29, 0.717) is 10.2 Å². The number of benzene rings is 2. The second kappa shape index (κ2) is 8.52. The fraction of sp³-hybridized carbons (Fsp3) is 0.316. The van der Waals surface area contributed by atoms with E-state index < -0.39 is 15.9 Å². The number of amides is 1. The van der Waals surface area contributed by atoms with Gasteiger partial charge in [0.15, 0.2) is 0 Å². The average molecular weight is 452 g/mol. The van der Waals surface area contributed by atoms with Crippen molar-refractivity contribution in [2.75, 3.05) is 18.4 Å². The van der Waals surface area contributed by atoms with Crippen LogP contribution in [0.1, 0.15) is 35.2 Å². The number of nitrogens with two attached hydrogens (primary N) is 1. The number of carbonyl (C=O) groups excluding carboxylic acids is 1. The van der Waals surface area contributed by atoms with Crippen LogP contribution in [0.3, 0.4) is 0 Å². The molecule has 3 rings (SSSR count). The Morgan fingerprint density at radius 2 is 1.85 bits per heavy atom. The van der Waals surface area contributed by atoms with E-state index in [9.17, 15) is 13.2 Å². The zero-order valence-electron chi connectivity index (χ0n) is 14.8. The number of rotatable bonds is 5. The van der Waals surface area contributed by atoms with Crippen LogP contribution >= 0.6 is 15.9 Å². The number of primary sulfonamides is 1. The summed E-state index contributed by atoms with van der Waals surface area (Å²) in [5.74, 6) is -0.400. The van der Waals surface area contributed by atoms with Crippen LogP contribution in [0, 0.1) is 0 Å². The van der Waals surface area contributed by atoms with Crippen molar-refractivity contribution >= 4 is 37.5 Å². The van der Waals surface area contributed by atoms with Gasteiger partial charge in [-0.05, 0) is 77.8 Å². The van der Waals surface area contributed by atoms with E-state index >= 15 is 0 Å². The molecule has 2 aromatic rings. The average Bonchev–Trinajstić information content (AvgIpc) is 2.62. The second-order valence-electron chi connectivity index (χ2n) is 6.68. The molecular formula is C19H22BrN3O3S. The maximum Gasteiger partial charge on any atom is 0.256 e. The molecule has 2 aromatic carbocycles. The lowest BCUT2D eigenvalue weighted by molar-refractivity contribution is 0.102. The van der Waals surface area contributed by atoms with Crippen molar-refractivity contribution in [1.29, 1.82) is 0 Å². The first-order valence-corrected chi connectivity index (χ1v) is 11.1. The molecule has 1 aliphatic heterocycles. The molecule has 0 aliphatic carbocycles. The molecule has 3 N–H and O–H groups in total. The van der Waals surface area contributed by atoms with E-state index in [1.807, 2.05) is 24.3 Å². The molecule has 0 saturated carbocycles. The molecule has 1 amide bonds. The zero-order valence-corrected chi connectivity index (χ0v) is 17.2. The summed E-state index contributed by atoms with van der Waals surface area (Å²) in [5.41, 5.74) is 2.01. The van der Waals surface area contributed by atoms with Crippen LogP contribution in [0.4, 0.5) is 5.69 Å². The largest absolute Gasteiger partial charge is 0.322 e. The fourth-order valence-electron chi connectivity index (χ4n) is 3.18. The first-order valence-electron chi connectivity index (χ1n) is 8.78. The van der Waals surface area contributed by atoms with E-state index in [-0.39, 0.29) is 10.5 Å². The van der Waals surface area contributed by atoms with Crippen LogP contribution < -0.4 is 10.5 Å². The third kappa shape index (κ3) is 5.38. The van der Waals surface area contributed by atoms with Crippen molar-refractivity contribution in [3.63, 3.8) is 0 Å². The summed E-state index contributed by atoms with van der Waals surface area (Å²) in [5, 5.41) is 7.99. The molecular weight excluding hydrogens is 430 g/mol. The summed E-state index contributed by atoms with van der Waals surface area (Å²) in [6.07, 6.45) is 3.74. The van der Waals surface area contributed by atoms with Gasteiger partial charge in [0.25, 0.3) is 5.91 Å². The summed E-state index contributed by atoms with van der Waals surface area (Å²) in [6, 6.07) is 11.8. The molecule has 0 aromatic heterocycles. The Balaban J connectivity index is 1.75. The monoisotopic (exact) mass is 451 g/mol. The predicted octanol–water partition coefficient (Wildman–Crippen LogP) is 3.33. The van der Waals surface area contributed by atoms with Gasteiger partial charge in [0, 0.05) is 16.7 Å². The molecule has 144 valence electrons. The summed E-state index contributed by atoms with van der Waals surface area (Å²) < 4.78 is 23.6. The molecule has 0 atom stereocenters. The summed E-state index contributed by atoms with van der Waals surface area (Å²) in [6.45, 7) is 3.06. The van der Waals surface area contributed by atoms with Crippen molar-refractivity contribution in [2.24, 2.45) is 5.14 Å². The van der Waals surface area contributed by atoms with Gasteiger partial charge in [-0.3, -0.25) is 9.69 Å². The number of hydrogen-bond acceptors (Lipinski definition) is 4. The molecule has 1 heterocycles. The standard InChI is InChI=1S/C19H22BrN3O3S/c20-18-8-7-16(27(21,25)26)12-17(18)19(24)22-15-6-4-5-14(11-15)13-23-9-2-1-3-10-23/h4-8,11-12H,1-3,9-10,13H2,(H,22,24)(H2,21,25,26). The highest BCUT2D eigenvalue weighted by Crippen LogP contribution is 2.22. The Morgan fingerprint density at radius 1 is 1.11 bits per heavy atom. The number of sulfonamides is 1. The first-order chi connectivity index (χ1) is 12.8. The lowest BCUT2D eigenvalue weighted by Gasteiger charge is -2.26. The molecule has 8 heteroatoms. The van der Waals surface area contributed by atoms with E-state index in [1.165, 1.54) is 37.5 Å². The molecule has 0 radical (unpaired) electrons. The van der Waals surface area contributed by atoms with Crippen LogP contribution in [0.2, 0.25) is 0 Å². The van der Waals surface area contributed by atoms with Gasteiger partial charge in [0.1, 0.15) is 0 Å². The molecule has 1 aliphatic rings. The molecule has 1 saturated heterocycles. The van der Waals surface area contributed by atoms with E-state index in [0.717, 1.165) is 25.2 Å². The highest BCUT2D eigenvalue weighted by atomic mass is 79.9. The molecule has 1 fully saturated rings. The van der Waals surface area contributed by atoms with Gasteiger partial charge in [0.2, 0.25) is 10.0 Å². The van der Waals surface area contributed by atoms with Gasteiger partial charge in [-0.1, -0.05) is 18.6 Å². The van der Waals surface area contributed by atoms with Crippen molar-refractivity contribution in [3.8, 4) is 0 Å². The number of piperidine rings is 1. The fourth-order valence-corrected chi connectivity index (χ4v) is 4.14. The summed E-state index contributed by atoms with van der Waals surface area (Å²) in [7, 11) is -3.88. The Bertz CT molecular complexity index is 941. The number of likely N-dealkylation sites (tertiary alicyclic amines) is 1. The minimum Gasteiger partial charge on any atom is -0.322 e. The number of hydrogen-bond donors (Lipinski definition) is 2. The van der Waals surface area contributed by atoms with Crippen molar-refractivity contribution < 1.29 is 13.2 Å². The number of halogens is 1. The van der Waals surface area contributed by atoms with E-state index in [2.05, 4.69) is 26.1 Å². The third-order valence-electron chi connectivity index (χ3n) is 4.55. The van der Waals surface area contributed by atoms with Gasteiger partial charge in [-0.2, -0.15) is 0 Å². The third-order valence-corrected chi connectivity index (χ3v) is 6.15. The van der Waals surface area contributed by atoms with E-state index in [4.69, 9.17) is 5.14 Å². The van der Waals surface area contributed by atoms with Crippen LogP contribution in [-0.2, 0) is 16.6 Å². The van der Waals surface area contributed by atoms with Gasteiger partial charge in [0.05, 0.1) is 10.5 Å². The number of anilines is 1. The smallest absolute Gasteiger partial charge is 0.256 e. The van der Waals surface area contributed by atoms with Crippen LogP contribution in [-0.4, -0.2) is 32.3 Å². The Hall–Kier alpha value is -1.74. The molecule has 6 nitrogen and oxygen atoms in total. The van der Waals surface area contributed by atoms with Crippen LogP contribution in [0.25, 0.3) is 0 Å². The Labute approximate surface area is 167 Å². The van der Waals surface area contributed by atoms with Crippen molar-refractivity contribution in [1.82, 2.24) is 4.90 Å². The molecule has 0 unspecified atom stereocenters. The normalized spacial score (nSPS) is 15.5. The molecule has 27 heavy (non-hydrogen) atoms. The molecule has 0 bridgehead atoms. The zero-order chi connectivity index (χ0) is 19.4. The van der Waals surface area contributed by atoms with Crippen molar-refractivity contribution in [2.45, 2.75) is 30.7 Å². The highest BCUT2D eigenvalue weighted by molar-refractivity contribution is 9.10. The maximum absolute atomic E-state index is 12.6. The van der Waals surface area contributed by atoms with Gasteiger partial charge in [-0.25, -0.2) is 13.6 Å². The highest BCUT2D eigenvalue weighted by Gasteiger charge is 2.16. The minimum absolute atomic E-state index is 0.102. The number of nitrogens with one attached hydrogen (secondary N) is 1. The SMILES string of the molecule is NS(=O)(=O)c1ccc(Br)c(C(=O)Nc2cccc(CN3CCCCC3)c2)c1. The predicted molar refractivity (Wildman–Crippen MR) is 109 cm³/mol. The van der Waals surface area contributed by atoms with Gasteiger partial charge >= 0.3 is 0 Å². The Kier molecular flexibility index (Phi) is 6.31. The minimum atomic E-state index is -3.88. The number of nitrogens with zero attached hydrogens (tertiary/aromatic N) is 1. The van der Waals surface area contributed by atoms with Gasteiger partial charge in [-0.15, -0.1) is 0 Å². The second-order valence-corrected chi connectivity index (χ2v) is 9.09. The maximum atomic E-state index is 12.6. The topological polar surface area (TPSA) is 92.5 Å². The summed E-state index contributed by atoms with van der Waals surface area (Å²) in [4.78, 5) is 14.9. The Morgan fingerprint density at radius 3 is 2.56 bits per heavy atom. The van der Waals surface area contributed by atoms with Crippen LogP contribution in [0.5, 0.6) is 0 Å².